The lowest BCUT2D eigenvalue weighted by Crippen LogP contribution is -2.22. The van der Waals surface area contributed by atoms with Gasteiger partial charge in [0.05, 0.1) is 13.2 Å². The Morgan fingerprint density at radius 3 is 2.41 bits per heavy atom. The second kappa shape index (κ2) is 9.67. The van der Waals surface area contributed by atoms with Crippen molar-refractivity contribution in [2.45, 2.75) is 26.4 Å². The van der Waals surface area contributed by atoms with Gasteiger partial charge in [-0.05, 0) is 43.7 Å². The smallest absolute Gasteiger partial charge is 0.121 e. The Kier molecular flexibility index (Phi) is 6.75. The number of nitrogens with one attached hydrogen (secondary N) is 1. The first kappa shape index (κ1) is 18.8. The van der Waals surface area contributed by atoms with Gasteiger partial charge in [0.2, 0.25) is 0 Å². The summed E-state index contributed by atoms with van der Waals surface area (Å²) in [6, 6.07) is 26.6. The summed E-state index contributed by atoms with van der Waals surface area (Å²) in [6.07, 6.45) is 0.968. The third-order valence-electron chi connectivity index (χ3n) is 4.29. The molecule has 1 N–H and O–H groups in total. The van der Waals surface area contributed by atoms with Crippen molar-refractivity contribution in [3.05, 3.63) is 90.0 Å². The standard InChI is InChI=1S/C24H27NO2/c1-19-11-13-23(14-12-19)27-20(2)18-25-22-9-6-10-24(17-22)26-16-15-21-7-4-3-5-8-21/h3-14,17,20,25H,15-16,18H2,1-2H3. The molecule has 3 nitrogen and oxygen atoms in total. The van der Waals surface area contributed by atoms with Crippen molar-refractivity contribution in [2.24, 2.45) is 0 Å². The van der Waals surface area contributed by atoms with E-state index in [1.54, 1.807) is 0 Å². The number of rotatable bonds is 9. The summed E-state index contributed by atoms with van der Waals surface area (Å²) in [5.41, 5.74) is 3.55. The first-order valence-electron chi connectivity index (χ1n) is 9.43. The van der Waals surface area contributed by atoms with Gasteiger partial charge in [-0.2, -0.15) is 0 Å². The Bertz CT molecular complexity index is 815. The summed E-state index contributed by atoms with van der Waals surface area (Å²) in [7, 11) is 0. The third kappa shape index (κ3) is 6.37. The van der Waals surface area contributed by atoms with E-state index in [1.807, 2.05) is 42.5 Å². The Morgan fingerprint density at radius 2 is 1.63 bits per heavy atom. The lowest BCUT2D eigenvalue weighted by molar-refractivity contribution is 0.234. The predicted octanol–water partition coefficient (Wildman–Crippen LogP) is 5.50. The van der Waals surface area contributed by atoms with Crippen LogP contribution >= 0.6 is 0 Å². The van der Waals surface area contributed by atoms with Crippen molar-refractivity contribution in [1.82, 2.24) is 0 Å². The summed E-state index contributed by atoms with van der Waals surface area (Å²) in [5, 5.41) is 3.42. The van der Waals surface area contributed by atoms with Crippen LogP contribution in [0.2, 0.25) is 0 Å². The molecule has 0 saturated carbocycles. The summed E-state index contributed by atoms with van der Waals surface area (Å²) in [6.45, 7) is 5.53. The van der Waals surface area contributed by atoms with Gasteiger partial charge < -0.3 is 14.8 Å². The summed E-state index contributed by atoms with van der Waals surface area (Å²) < 4.78 is 11.8. The van der Waals surface area contributed by atoms with E-state index in [4.69, 9.17) is 9.47 Å². The normalized spacial score (nSPS) is 11.6. The van der Waals surface area contributed by atoms with E-state index in [2.05, 4.69) is 55.6 Å². The summed E-state index contributed by atoms with van der Waals surface area (Å²) >= 11 is 0. The van der Waals surface area contributed by atoms with Crippen LogP contribution in [0.4, 0.5) is 5.69 Å². The highest BCUT2D eigenvalue weighted by molar-refractivity contribution is 5.48. The molecule has 0 amide bonds. The van der Waals surface area contributed by atoms with Crippen molar-refractivity contribution < 1.29 is 9.47 Å². The van der Waals surface area contributed by atoms with E-state index in [0.717, 1.165) is 30.2 Å². The molecule has 0 saturated heterocycles. The number of hydrogen-bond acceptors (Lipinski definition) is 3. The molecule has 0 spiro atoms. The van der Waals surface area contributed by atoms with Gasteiger partial charge in [-0.25, -0.2) is 0 Å². The molecule has 0 aliphatic rings. The molecule has 140 valence electrons. The van der Waals surface area contributed by atoms with Crippen LogP contribution in [-0.4, -0.2) is 19.3 Å². The van der Waals surface area contributed by atoms with Crippen molar-refractivity contribution >= 4 is 5.69 Å². The van der Waals surface area contributed by atoms with Crippen LogP contribution < -0.4 is 14.8 Å². The highest BCUT2D eigenvalue weighted by atomic mass is 16.5. The van der Waals surface area contributed by atoms with Gasteiger partial charge >= 0.3 is 0 Å². The topological polar surface area (TPSA) is 30.5 Å². The molecular weight excluding hydrogens is 334 g/mol. The molecule has 3 rings (SSSR count). The molecule has 0 radical (unpaired) electrons. The largest absolute Gasteiger partial charge is 0.493 e. The van der Waals surface area contributed by atoms with E-state index < -0.39 is 0 Å². The SMILES string of the molecule is Cc1ccc(OC(C)CNc2cccc(OCCc3ccccc3)c2)cc1. The number of aryl methyl sites for hydroxylation is 1. The van der Waals surface area contributed by atoms with Crippen LogP contribution in [-0.2, 0) is 6.42 Å². The second-order valence-corrected chi connectivity index (χ2v) is 6.73. The molecular formula is C24H27NO2. The van der Waals surface area contributed by atoms with Gasteiger partial charge in [0, 0.05) is 18.2 Å². The lowest BCUT2D eigenvalue weighted by atomic mass is 10.2. The van der Waals surface area contributed by atoms with Gasteiger partial charge in [-0.15, -0.1) is 0 Å². The monoisotopic (exact) mass is 361 g/mol. The van der Waals surface area contributed by atoms with Crippen molar-refractivity contribution in [3.8, 4) is 11.5 Å². The highest BCUT2D eigenvalue weighted by Crippen LogP contribution is 2.18. The Balaban J connectivity index is 1.44. The minimum Gasteiger partial charge on any atom is -0.493 e. The summed E-state index contributed by atoms with van der Waals surface area (Å²) in [4.78, 5) is 0. The number of ether oxygens (including phenoxy) is 2. The molecule has 0 aliphatic heterocycles. The van der Waals surface area contributed by atoms with Gasteiger partial charge in [0.1, 0.15) is 17.6 Å². The van der Waals surface area contributed by atoms with Crippen LogP contribution in [0.25, 0.3) is 0 Å². The van der Waals surface area contributed by atoms with Crippen molar-refractivity contribution in [2.75, 3.05) is 18.5 Å². The van der Waals surface area contributed by atoms with E-state index in [9.17, 15) is 0 Å². The van der Waals surface area contributed by atoms with Gasteiger partial charge in [-0.3, -0.25) is 0 Å². The zero-order chi connectivity index (χ0) is 18.9. The Hall–Kier alpha value is -2.94. The van der Waals surface area contributed by atoms with Gasteiger partial charge in [0.15, 0.2) is 0 Å². The molecule has 3 aromatic carbocycles. The van der Waals surface area contributed by atoms with Gasteiger partial charge in [-0.1, -0.05) is 54.1 Å². The van der Waals surface area contributed by atoms with Crippen molar-refractivity contribution in [3.63, 3.8) is 0 Å². The van der Waals surface area contributed by atoms with E-state index in [0.29, 0.717) is 6.61 Å². The quantitative estimate of drug-likeness (QED) is 0.546. The predicted molar refractivity (Wildman–Crippen MR) is 112 cm³/mol. The fraction of sp³-hybridized carbons (Fsp3) is 0.250. The van der Waals surface area contributed by atoms with Crippen LogP contribution in [0.1, 0.15) is 18.1 Å². The molecule has 3 aromatic rings. The highest BCUT2D eigenvalue weighted by Gasteiger charge is 2.05. The molecule has 0 bridgehead atoms. The number of hydrogen-bond donors (Lipinski definition) is 1. The maximum absolute atomic E-state index is 5.94. The molecule has 1 unspecified atom stereocenters. The van der Waals surface area contributed by atoms with Crippen LogP contribution in [0.15, 0.2) is 78.9 Å². The Labute approximate surface area is 162 Å². The summed E-state index contributed by atoms with van der Waals surface area (Å²) in [5.74, 6) is 1.77. The molecule has 0 heterocycles. The first-order valence-corrected chi connectivity index (χ1v) is 9.43. The molecule has 0 aromatic heterocycles. The molecule has 27 heavy (non-hydrogen) atoms. The van der Waals surface area contributed by atoms with E-state index in [1.165, 1.54) is 11.1 Å². The zero-order valence-electron chi connectivity index (χ0n) is 16.0. The molecule has 0 aliphatic carbocycles. The molecule has 1 atom stereocenters. The number of anilines is 1. The third-order valence-corrected chi connectivity index (χ3v) is 4.29. The Morgan fingerprint density at radius 1 is 0.852 bits per heavy atom. The average molecular weight is 361 g/mol. The zero-order valence-corrected chi connectivity index (χ0v) is 16.0. The number of benzene rings is 3. The van der Waals surface area contributed by atoms with Crippen molar-refractivity contribution in [1.29, 1.82) is 0 Å². The lowest BCUT2D eigenvalue weighted by Gasteiger charge is -2.17. The first-order chi connectivity index (χ1) is 13.2. The average Bonchev–Trinajstić information content (AvgIpc) is 2.69. The van der Waals surface area contributed by atoms with Gasteiger partial charge in [0.25, 0.3) is 0 Å². The van der Waals surface area contributed by atoms with E-state index >= 15 is 0 Å². The molecule has 0 fully saturated rings. The second-order valence-electron chi connectivity index (χ2n) is 6.73. The van der Waals surface area contributed by atoms with E-state index in [-0.39, 0.29) is 6.10 Å². The molecule has 3 heteroatoms. The van der Waals surface area contributed by atoms with Crippen LogP contribution in [0.3, 0.4) is 0 Å². The maximum atomic E-state index is 5.94. The fourth-order valence-electron chi connectivity index (χ4n) is 2.78. The minimum atomic E-state index is 0.0651. The van der Waals surface area contributed by atoms with Crippen LogP contribution in [0.5, 0.6) is 11.5 Å². The minimum absolute atomic E-state index is 0.0651. The fourth-order valence-corrected chi connectivity index (χ4v) is 2.78. The maximum Gasteiger partial charge on any atom is 0.121 e. The van der Waals surface area contributed by atoms with Crippen LogP contribution in [0, 0.1) is 6.92 Å².